The molecule has 0 saturated carbocycles. The molecule has 2 aromatic rings. The molecule has 0 saturated heterocycles. The third-order valence-electron chi connectivity index (χ3n) is 1.94. The van der Waals surface area contributed by atoms with Gasteiger partial charge in [-0.1, -0.05) is 12.6 Å². The van der Waals surface area contributed by atoms with Crippen LogP contribution in [0.5, 0.6) is 0 Å². The highest BCUT2D eigenvalue weighted by atomic mass is 32.1. The fraction of sp³-hybridized carbons (Fsp3) is 0. The number of carbonyl (C=O) groups is 1. The normalized spacial score (nSPS) is 9.65. The number of hydrogen-bond donors (Lipinski definition) is 2. The number of hydrazine groups is 1. The van der Waals surface area contributed by atoms with Gasteiger partial charge in [0.15, 0.2) is 0 Å². The lowest BCUT2D eigenvalue weighted by Crippen LogP contribution is -2.36. The maximum Gasteiger partial charge on any atom is 0.289 e. The quantitative estimate of drug-likeness (QED) is 0.801. The van der Waals surface area contributed by atoms with Crippen LogP contribution in [-0.2, 0) is 0 Å². The van der Waals surface area contributed by atoms with Gasteiger partial charge in [0.2, 0.25) is 0 Å². The van der Waals surface area contributed by atoms with Crippen LogP contribution in [0.4, 0.5) is 0 Å². The molecule has 2 heterocycles. The largest absolute Gasteiger partial charge is 0.297 e. The number of aromatic nitrogens is 2. The highest BCUT2D eigenvalue weighted by Gasteiger charge is 2.06. The molecule has 0 fully saturated rings. The monoisotopic (exact) mass is 246 g/mol. The minimum Gasteiger partial charge on any atom is -0.297 e. The zero-order chi connectivity index (χ0) is 12.1. The first-order chi connectivity index (χ1) is 8.27. The van der Waals surface area contributed by atoms with Gasteiger partial charge in [0.25, 0.3) is 5.91 Å². The number of rotatable bonds is 4. The zero-order valence-corrected chi connectivity index (χ0v) is 9.70. The fourth-order valence-electron chi connectivity index (χ4n) is 1.12. The second-order valence-corrected chi connectivity index (χ2v) is 4.07. The van der Waals surface area contributed by atoms with Crippen molar-refractivity contribution < 1.29 is 4.79 Å². The van der Waals surface area contributed by atoms with Crippen molar-refractivity contribution in [3.05, 3.63) is 53.3 Å². The van der Waals surface area contributed by atoms with Crippen molar-refractivity contribution >= 4 is 22.9 Å². The number of hydrogen-bond acceptors (Lipinski definition) is 5. The molecular formula is C11H10N4OS. The van der Waals surface area contributed by atoms with Gasteiger partial charge in [0.1, 0.15) is 5.69 Å². The van der Waals surface area contributed by atoms with Gasteiger partial charge in [-0.15, -0.1) is 11.3 Å². The van der Waals surface area contributed by atoms with Crippen LogP contribution in [0.2, 0.25) is 0 Å². The van der Waals surface area contributed by atoms with E-state index < -0.39 is 0 Å². The maximum atomic E-state index is 11.6. The molecule has 86 valence electrons. The molecule has 0 radical (unpaired) electrons. The first-order valence-electron chi connectivity index (χ1n) is 4.82. The summed E-state index contributed by atoms with van der Waals surface area (Å²) in [7, 11) is 0. The van der Waals surface area contributed by atoms with Crippen molar-refractivity contribution in [3.63, 3.8) is 0 Å². The molecule has 0 atom stereocenters. The predicted molar refractivity (Wildman–Crippen MR) is 66.0 cm³/mol. The van der Waals surface area contributed by atoms with E-state index in [-0.39, 0.29) is 11.6 Å². The summed E-state index contributed by atoms with van der Waals surface area (Å²) in [6, 6.07) is 3.83. The van der Waals surface area contributed by atoms with E-state index in [9.17, 15) is 4.79 Å². The van der Waals surface area contributed by atoms with Crippen molar-refractivity contribution in [3.8, 4) is 0 Å². The molecule has 1 amide bonds. The van der Waals surface area contributed by atoms with E-state index in [0.717, 1.165) is 4.88 Å². The second kappa shape index (κ2) is 5.22. The van der Waals surface area contributed by atoms with Crippen molar-refractivity contribution in [1.29, 1.82) is 0 Å². The van der Waals surface area contributed by atoms with Gasteiger partial charge in [-0.3, -0.25) is 20.6 Å². The average Bonchev–Trinajstić information content (AvgIpc) is 2.90. The molecule has 2 aromatic heterocycles. The summed E-state index contributed by atoms with van der Waals surface area (Å²) >= 11 is 1.54. The van der Waals surface area contributed by atoms with Crippen LogP contribution in [-0.4, -0.2) is 15.9 Å². The van der Waals surface area contributed by atoms with E-state index in [1.165, 1.54) is 29.9 Å². The Morgan fingerprint density at radius 3 is 2.88 bits per heavy atom. The number of thiophene rings is 1. The second-order valence-electron chi connectivity index (χ2n) is 3.13. The van der Waals surface area contributed by atoms with Gasteiger partial charge >= 0.3 is 0 Å². The molecule has 0 aromatic carbocycles. The Balaban J connectivity index is 1.91. The van der Waals surface area contributed by atoms with Gasteiger partial charge < -0.3 is 0 Å². The summed E-state index contributed by atoms with van der Waals surface area (Å²) in [4.78, 5) is 20.3. The highest BCUT2D eigenvalue weighted by Crippen LogP contribution is 2.14. The maximum absolute atomic E-state index is 11.6. The molecule has 5 nitrogen and oxygen atoms in total. The van der Waals surface area contributed by atoms with Crippen molar-refractivity contribution in [2.24, 2.45) is 0 Å². The molecule has 0 spiro atoms. The first-order valence-corrected chi connectivity index (χ1v) is 5.70. The summed E-state index contributed by atoms with van der Waals surface area (Å²) < 4.78 is 0. The summed E-state index contributed by atoms with van der Waals surface area (Å²) in [6.45, 7) is 3.81. The van der Waals surface area contributed by atoms with E-state index in [1.807, 2.05) is 17.5 Å². The van der Waals surface area contributed by atoms with Crippen LogP contribution in [0, 0.1) is 0 Å². The van der Waals surface area contributed by atoms with E-state index in [2.05, 4.69) is 27.4 Å². The molecule has 0 aliphatic heterocycles. The van der Waals surface area contributed by atoms with E-state index in [1.54, 1.807) is 0 Å². The lowest BCUT2D eigenvalue weighted by Gasteiger charge is -2.08. The van der Waals surface area contributed by atoms with Crippen molar-refractivity contribution in [2.75, 3.05) is 0 Å². The molecule has 0 bridgehead atoms. The molecule has 6 heteroatoms. The smallest absolute Gasteiger partial charge is 0.289 e. The standard InChI is InChI=1S/C11H10N4OS/c1-8(10-3-2-6-17-10)14-15-11(16)9-7-12-4-5-13-9/h2-7,14H,1H2,(H,15,16). The van der Waals surface area contributed by atoms with Crippen molar-refractivity contribution in [2.45, 2.75) is 0 Å². The van der Waals surface area contributed by atoms with Crippen LogP contribution in [0.15, 0.2) is 42.7 Å². The first kappa shape index (κ1) is 11.3. The molecule has 2 N–H and O–H groups in total. The molecule has 0 unspecified atom stereocenters. The fourth-order valence-corrected chi connectivity index (χ4v) is 1.78. The Morgan fingerprint density at radius 2 is 2.24 bits per heavy atom. The molecule has 0 aliphatic rings. The van der Waals surface area contributed by atoms with Gasteiger partial charge in [-0.05, 0) is 11.4 Å². The minimum atomic E-state index is -0.351. The van der Waals surface area contributed by atoms with E-state index in [0.29, 0.717) is 5.70 Å². The number of nitrogens with one attached hydrogen (secondary N) is 2. The Bertz CT molecular complexity index is 510. The predicted octanol–water partition coefficient (Wildman–Crippen LogP) is 1.44. The summed E-state index contributed by atoms with van der Waals surface area (Å²) in [5, 5.41) is 1.94. The van der Waals surface area contributed by atoms with Gasteiger partial charge in [0.05, 0.1) is 16.8 Å². The van der Waals surface area contributed by atoms with Crippen LogP contribution in [0.3, 0.4) is 0 Å². The zero-order valence-electron chi connectivity index (χ0n) is 8.88. The Labute approximate surface area is 102 Å². The Kier molecular flexibility index (Phi) is 3.46. The SMILES string of the molecule is C=C(NNC(=O)c1cnccn1)c1cccs1. The van der Waals surface area contributed by atoms with Crippen molar-refractivity contribution in [1.82, 2.24) is 20.8 Å². The lowest BCUT2D eigenvalue weighted by atomic mass is 10.4. The summed E-state index contributed by atoms with van der Waals surface area (Å²) in [5.74, 6) is -0.351. The Hall–Kier alpha value is -2.21. The summed E-state index contributed by atoms with van der Waals surface area (Å²) in [5.41, 5.74) is 6.12. The molecule has 0 aliphatic carbocycles. The average molecular weight is 246 g/mol. The third-order valence-corrected chi connectivity index (χ3v) is 2.87. The topological polar surface area (TPSA) is 66.9 Å². The minimum absolute atomic E-state index is 0.249. The van der Waals surface area contributed by atoms with E-state index in [4.69, 9.17) is 0 Å². The van der Waals surface area contributed by atoms with Crippen LogP contribution >= 0.6 is 11.3 Å². The molecular weight excluding hydrogens is 236 g/mol. The van der Waals surface area contributed by atoms with Crippen LogP contribution in [0.25, 0.3) is 5.70 Å². The summed E-state index contributed by atoms with van der Waals surface area (Å²) in [6.07, 6.45) is 4.36. The number of carbonyl (C=O) groups excluding carboxylic acids is 1. The van der Waals surface area contributed by atoms with Gasteiger partial charge in [-0.25, -0.2) is 4.98 Å². The highest BCUT2D eigenvalue weighted by molar-refractivity contribution is 7.11. The Morgan fingerprint density at radius 1 is 1.35 bits per heavy atom. The van der Waals surface area contributed by atoms with Gasteiger partial charge in [-0.2, -0.15) is 0 Å². The van der Waals surface area contributed by atoms with E-state index >= 15 is 0 Å². The molecule has 17 heavy (non-hydrogen) atoms. The van der Waals surface area contributed by atoms with Crippen LogP contribution in [0.1, 0.15) is 15.4 Å². The number of nitrogens with zero attached hydrogens (tertiary/aromatic N) is 2. The molecule has 2 rings (SSSR count). The van der Waals surface area contributed by atoms with Crippen LogP contribution < -0.4 is 10.9 Å². The number of amides is 1. The third kappa shape index (κ3) is 2.88. The van der Waals surface area contributed by atoms with Gasteiger partial charge in [0, 0.05) is 12.4 Å². The lowest BCUT2D eigenvalue weighted by molar-refractivity contribution is 0.0937.